The number of halogens is 1. The van der Waals surface area contributed by atoms with Gasteiger partial charge < -0.3 is 10.5 Å². The van der Waals surface area contributed by atoms with Gasteiger partial charge in [-0.15, -0.1) is 0 Å². The van der Waals surface area contributed by atoms with E-state index in [-0.39, 0.29) is 11.9 Å². The molecule has 2 N–H and O–H groups in total. The Hall–Kier alpha value is -1.09. The van der Waals surface area contributed by atoms with Crippen LogP contribution in [0.4, 0.5) is 4.39 Å². The third-order valence-corrected chi connectivity index (χ3v) is 2.87. The predicted octanol–water partition coefficient (Wildman–Crippen LogP) is 3.91. The molecule has 0 aliphatic carbocycles. The number of rotatable bonds is 6. The van der Waals surface area contributed by atoms with Crippen molar-refractivity contribution in [2.45, 2.75) is 40.2 Å². The summed E-state index contributed by atoms with van der Waals surface area (Å²) in [4.78, 5) is 0. The van der Waals surface area contributed by atoms with E-state index >= 15 is 0 Å². The Labute approximate surface area is 109 Å². The van der Waals surface area contributed by atoms with E-state index in [1.54, 1.807) is 19.1 Å². The molecule has 18 heavy (non-hydrogen) atoms. The van der Waals surface area contributed by atoms with Crippen molar-refractivity contribution in [3.05, 3.63) is 29.6 Å². The van der Waals surface area contributed by atoms with Gasteiger partial charge in [-0.05, 0) is 31.2 Å². The van der Waals surface area contributed by atoms with Crippen molar-refractivity contribution in [2.75, 3.05) is 6.61 Å². The molecule has 102 valence electrons. The molecule has 0 fully saturated rings. The van der Waals surface area contributed by atoms with Crippen molar-refractivity contribution < 1.29 is 9.13 Å². The maximum absolute atomic E-state index is 13.7. The van der Waals surface area contributed by atoms with Crippen LogP contribution in [-0.4, -0.2) is 6.61 Å². The van der Waals surface area contributed by atoms with E-state index in [9.17, 15) is 4.39 Å². The fourth-order valence-electron chi connectivity index (χ4n) is 2.08. The smallest absolute Gasteiger partial charge is 0.131 e. The average molecular weight is 253 g/mol. The normalized spacial score (nSPS) is 14.6. The number of hydrogen-bond donors (Lipinski definition) is 1. The van der Waals surface area contributed by atoms with Crippen molar-refractivity contribution in [1.82, 2.24) is 0 Å². The van der Waals surface area contributed by atoms with E-state index in [1.165, 1.54) is 6.07 Å². The number of hydrogen-bond acceptors (Lipinski definition) is 2. The Morgan fingerprint density at radius 2 is 1.89 bits per heavy atom. The number of benzene rings is 1. The lowest BCUT2D eigenvalue weighted by Gasteiger charge is -2.16. The molecule has 0 saturated carbocycles. The maximum atomic E-state index is 13.7. The molecule has 0 saturated heterocycles. The summed E-state index contributed by atoms with van der Waals surface area (Å²) in [6, 6.07) is 4.60. The molecule has 3 heteroatoms. The quantitative estimate of drug-likeness (QED) is 0.834. The molecule has 0 heterocycles. The molecule has 1 aromatic carbocycles. The first-order valence-electron chi connectivity index (χ1n) is 6.58. The van der Waals surface area contributed by atoms with E-state index in [2.05, 4.69) is 20.8 Å². The van der Waals surface area contributed by atoms with Crippen LogP contribution in [-0.2, 0) is 0 Å². The third kappa shape index (κ3) is 4.65. The molecule has 0 bridgehead atoms. The monoisotopic (exact) mass is 253 g/mol. The van der Waals surface area contributed by atoms with Gasteiger partial charge in [0.05, 0.1) is 6.61 Å². The minimum Gasteiger partial charge on any atom is -0.493 e. The highest BCUT2D eigenvalue weighted by atomic mass is 19.1. The summed E-state index contributed by atoms with van der Waals surface area (Å²) in [5.41, 5.74) is 6.19. The van der Waals surface area contributed by atoms with Crippen LogP contribution in [0.25, 0.3) is 0 Å². The maximum Gasteiger partial charge on any atom is 0.131 e. The van der Waals surface area contributed by atoms with Gasteiger partial charge in [0.1, 0.15) is 11.6 Å². The van der Waals surface area contributed by atoms with Gasteiger partial charge in [0.2, 0.25) is 0 Å². The molecule has 0 spiro atoms. The first-order chi connectivity index (χ1) is 8.40. The highest BCUT2D eigenvalue weighted by molar-refractivity contribution is 5.30. The van der Waals surface area contributed by atoms with E-state index in [1.807, 2.05) is 0 Å². The van der Waals surface area contributed by atoms with Gasteiger partial charge >= 0.3 is 0 Å². The van der Waals surface area contributed by atoms with Crippen molar-refractivity contribution >= 4 is 0 Å². The third-order valence-electron chi connectivity index (χ3n) is 2.87. The fraction of sp³-hybridized carbons (Fsp3) is 0.600. The largest absolute Gasteiger partial charge is 0.493 e. The van der Waals surface area contributed by atoms with E-state index in [0.717, 1.165) is 6.42 Å². The standard InChI is InChI=1S/C15H24FNO/c1-10(2)7-11(3)9-18-13-5-6-14(12(4)17)15(16)8-13/h5-6,8,10-12H,7,9,17H2,1-4H3/t11?,12-/m0/s1. The zero-order valence-corrected chi connectivity index (χ0v) is 11.7. The van der Waals surface area contributed by atoms with Crippen LogP contribution >= 0.6 is 0 Å². The Morgan fingerprint density at radius 3 is 2.39 bits per heavy atom. The van der Waals surface area contributed by atoms with Gasteiger partial charge in [-0.25, -0.2) is 4.39 Å². The molecule has 2 nitrogen and oxygen atoms in total. The van der Waals surface area contributed by atoms with Gasteiger partial charge in [0, 0.05) is 17.7 Å². The van der Waals surface area contributed by atoms with Crippen LogP contribution < -0.4 is 10.5 Å². The van der Waals surface area contributed by atoms with Gasteiger partial charge in [0.25, 0.3) is 0 Å². The highest BCUT2D eigenvalue weighted by Crippen LogP contribution is 2.21. The lowest BCUT2D eigenvalue weighted by atomic mass is 10.00. The Balaban J connectivity index is 2.56. The lowest BCUT2D eigenvalue weighted by Crippen LogP contribution is -2.12. The van der Waals surface area contributed by atoms with Crippen LogP contribution in [0, 0.1) is 17.7 Å². The van der Waals surface area contributed by atoms with Crippen molar-refractivity contribution in [3.8, 4) is 5.75 Å². The first kappa shape index (κ1) is 15.0. The molecule has 1 unspecified atom stereocenters. The summed E-state index contributed by atoms with van der Waals surface area (Å²) in [6.07, 6.45) is 1.11. The van der Waals surface area contributed by atoms with Crippen molar-refractivity contribution in [2.24, 2.45) is 17.6 Å². The minimum absolute atomic E-state index is 0.293. The van der Waals surface area contributed by atoms with Crippen LogP contribution in [0.3, 0.4) is 0 Å². The summed E-state index contributed by atoms with van der Waals surface area (Å²) in [5.74, 6) is 1.41. The second kappa shape index (κ2) is 6.74. The van der Waals surface area contributed by atoms with Crippen LogP contribution in [0.15, 0.2) is 18.2 Å². The fourth-order valence-corrected chi connectivity index (χ4v) is 2.08. The Morgan fingerprint density at radius 1 is 1.22 bits per heavy atom. The Kier molecular flexibility index (Phi) is 5.60. The second-order valence-corrected chi connectivity index (χ2v) is 5.52. The summed E-state index contributed by atoms with van der Waals surface area (Å²) in [6.45, 7) is 8.91. The molecule has 1 rings (SSSR count). The minimum atomic E-state index is -0.293. The van der Waals surface area contributed by atoms with Crippen LogP contribution in [0.2, 0.25) is 0 Å². The Bertz CT molecular complexity index is 377. The summed E-state index contributed by atoms with van der Waals surface area (Å²) >= 11 is 0. The van der Waals surface area contributed by atoms with E-state index in [4.69, 9.17) is 10.5 Å². The molecule has 0 aliphatic heterocycles. The van der Waals surface area contributed by atoms with Crippen molar-refractivity contribution in [1.29, 1.82) is 0 Å². The van der Waals surface area contributed by atoms with Gasteiger partial charge in [0.15, 0.2) is 0 Å². The summed E-state index contributed by atoms with van der Waals surface area (Å²) in [5, 5.41) is 0. The molecule has 2 atom stereocenters. The molecular weight excluding hydrogens is 229 g/mol. The molecule has 0 aliphatic rings. The van der Waals surface area contributed by atoms with Crippen LogP contribution in [0.5, 0.6) is 5.75 Å². The topological polar surface area (TPSA) is 35.2 Å². The lowest BCUT2D eigenvalue weighted by molar-refractivity contribution is 0.238. The summed E-state index contributed by atoms with van der Waals surface area (Å²) < 4.78 is 19.3. The number of ether oxygens (including phenoxy) is 1. The molecule has 1 aromatic rings. The van der Waals surface area contributed by atoms with Gasteiger partial charge in [-0.1, -0.05) is 26.8 Å². The van der Waals surface area contributed by atoms with Crippen LogP contribution in [0.1, 0.15) is 45.7 Å². The zero-order valence-electron chi connectivity index (χ0n) is 11.7. The van der Waals surface area contributed by atoms with Gasteiger partial charge in [-0.3, -0.25) is 0 Å². The first-order valence-corrected chi connectivity index (χ1v) is 6.58. The zero-order chi connectivity index (χ0) is 13.7. The molecule has 0 radical (unpaired) electrons. The van der Waals surface area contributed by atoms with Crippen molar-refractivity contribution in [3.63, 3.8) is 0 Å². The van der Waals surface area contributed by atoms with E-state index < -0.39 is 0 Å². The molecule has 0 amide bonds. The van der Waals surface area contributed by atoms with Gasteiger partial charge in [-0.2, -0.15) is 0 Å². The SMILES string of the molecule is CC(C)CC(C)COc1ccc([C@H](C)N)c(F)c1. The number of nitrogens with two attached hydrogens (primary N) is 1. The highest BCUT2D eigenvalue weighted by Gasteiger charge is 2.10. The summed E-state index contributed by atoms with van der Waals surface area (Å²) in [7, 11) is 0. The average Bonchev–Trinajstić information content (AvgIpc) is 2.25. The second-order valence-electron chi connectivity index (χ2n) is 5.52. The van der Waals surface area contributed by atoms with E-state index in [0.29, 0.717) is 29.8 Å². The predicted molar refractivity (Wildman–Crippen MR) is 73.1 cm³/mol. The molecule has 0 aromatic heterocycles. The molecular formula is C15H24FNO.